The predicted molar refractivity (Wildman–Crippen MR) is 91.3 cm³/mol. The third kappa shape index (κ3) is 4.29. The monoisotopic (exact) mass is 325 g/mol. The number of benzene rings is 2. The molecule has 5 nitrogen and oxygen atoms in total. The molecule has 0 unspecified atom stereocenters. The largest absolute Gasteiger partial charge is 0.452 e. The van der Waals surface area contributed by atoms with Gasteiger partial charge in [-0.2, -0.15) is 0 Å². The normalized spacial score (nSPS) is 10.1. The van der Waals surface area contributed by atoms with Crippen LogP contribution in [0.3, 0.4) is 0 Å². The molecule has 0 radical (unpaired) electrons. The first kappa shape index (κ1) is 17.4. The highest BCUT2D eigenvalue weighted by atomic mass is 16.5. The molecule has 0 aromatic heterocycles. The van der Waals surface area contributed by atoms with Crippen molar-refractivity contribution >= 4 is 23.3 Å². The second-order valence-corrected chi connectivity index (χ2v) is 5.54. The maximum atomic E-state index is 12.1. The Kier molecular flexibility index (Phi) is 5.47. The number of anilines is 1. The fourth-order valence-electron chi connectivity index (χ4n) is 2.34. The van der Waals surface area contributed by atoms with Crippen LogP contribution >= 0.6 is 0 Å². The van der Waals surface area contributed by atoms with E-state index in [1.54, 1.807) is 30.3 Å². The van der Waals surface area contributed by atoms with Gasteiger partial charge in [0.1, 0.15) is 0 Å². The maximum absolute atomic E-state index is 12.1. The molecule has 0 fully saturated rings. The Morgan fingerprint density at radius 1 is 1.00 bits per heavy atom. The summed E-state index contributed by atoms with van der Waals surface area (Å²) < 4.78 is 5.05. The minimum atomic E-state index is -0.553. The summed E-state index contributed by atoms with van der Waals surface area (Å²) >= 11 is 0. The highest BCUT2D eigenvalue weighted by Crippen LogP contribution is 2.16. The molecule has 0 aliphatic carbocycles. The van der Waals surface area contributed by atoms with Gasteiger partial charge in [-0.25, -0.2) is 4.79 Å². The zero-order valence-corrected chi connectivity index (χ0v) is 13.9. The molecule has 0 aliphatic rings. The van der Waals surface area contributed by atoms with Crippen LogP contribution < -0.4 is 5.32 Å². The van der Waals surface area contributed by atoms with Crippen molar-refractivity contribution in [1.29, 1.82) is 0 Å². The molecule has 2 aromatic rings. The summed E-state index contributed by atoms with van der Waals surface area (Å²) in [6, 6.07) is 12.0. The van der Waals surface area contributed by atoms with Crippen LogP contribution in [-0.4, -0.2) is 24.3 Å². The van der Waals surface area contributed by atoms with E-state index in [-0.39, 0.29) is 5.78 Å². The summed E-state index contributed by atoms with van der Waals surface area (Å²) in [4.78, 5) is 35.5. The Bertz CT molecular complexity index is 796. The van der Waals surface area contributed by atoms with Gasteiger partial charge in [0.05, 0.1) is 11.3 Å². The topological polar surface area (TPSA) is 72.5 Å². The second kappa shape index (κ2) is 7.55. The van der Waals surface area contributed by atoms with Crippen LogP contribution in [0.2, 0.25) is 0 Å². The van der Waals surface area contributed by atoms with Crippen molar-refractivity contribution in [3.63, 3.8) is 0 Å². The number of Topliss-reactive ketones (excluding diaryl/α,β-unsaturated/α-hetero) is 1. The van der Waals surface area contributed by atoms with Gasteiger partial charge in [0.15, 0.2) is 12.4 Å². The highest BCUT2D eigenvalue weighted by Gasteiger charge is 2.14. The number of para-hydroxylation sites is 1. The fraction of sp³-hybridized carbons (Fsp3) is 0.211. The highest BCUT2D eigenvalue weighted by molar-refractivity contribution is 6.04. The van der Waals surface area contributed by atoms with Crippen molar-refractivity contribution in [2.24, 2.45) is 0 Å². The van der Waals surface area contributed by atoms with Gasteiger partial charge in [-0.15, -0.1) is 0 Å². The standard InChI is InChI=1S/C19H19NO4/c1-12-8-9-15(13(2)10-12)19(23)24-11-18(22)20-17-7-5-4-6-16(17)14(3)21/h4-10H,11H2,1-3H3,(H,20,22). The number of aryl methyl sites for hydroxylation is 2. The summed E-state index contributed by atoms with van der Waals surface area (Å²) in [5, 5.41) is 2.59. The third-order valence-electron chi connectivity index (χ3n) is 3.52. The van der Waals surface area contributed by atoms with Crippen LogP contribution in [0.15, 0.2) is 42.5 Å². The molecule has 2 rings (SSSR count). The lowest BCUT2D eigenvalue weighted by atomic mass is 10.1. The lowest BCUT2D eigenvalue weighted by Crippen LogP contribution is -2.22. The van der Waals surface area contributed by atoms with Gasteiger partial charge in [0, 0.05) is 5.56 Å². The number of ether oxygens (including phenoxy) is 1. The summed E-state index contributed by atoms with van der Waals surface area (Å²) in [5.74, 6) is -1.21. The molecule has 24 heavy (non-hydrogen) atoms. The quantitative estimate of drug-likeness (QED) is 0.676. The van der Waals surface area contributed by atoms with E-state index in [2.05, 4.69) is 5.32 Å². The van der Waals surface area contributed by atoms with Gasteiger partial charge in [0.25, 0.3) is 5.91 Å². The Morgan fingerprint density at radius 2 is 1.71 bits per heavy atom. The van der Waals surface area contributed by atoms with Crippen LogP contribution in [0.4, 0.5) is 5.69 Å². The van der Waals surface area contributed by atoms with E-state index >= 15 is 0 Å². The number of esters is 1. The zero-order valence-electron chi connectivity index (χ0n) is 13.9. The van der Waals surface area contributed by atoms with Crippen molar-refractivity contribution in [1.82, 2.24) is 0 Å². The van der Waals surface area contributed by atoms with E-state index in [1.807, 2.05) is 26.0 Å². The molecule has 124 valence electrons. The predicted octanol–water partition coefficient (Wildman–Crippen LogP) is 3.30. The number of hydrogen-bond acceptors (Lipinski definition) is 4. The fourth-order valence-corrected chi connectivity index (χ4v) is 2.34. The molecule has 1 amide bonds. The molecular formula is C19H19NO4. The van der Waals surface area contributed by atoms with Crippen LogP contribution in [0, 0.1) is 13.8 Å². The van der Waals surface area contributed by atoms with Crippen molar-refractivity contribution < 1.29 is 19.1 Å². The van der Waals surface area contributed by atoms with Crippen LogP contribution in [0.25, 0.3) is 0 Å². The zero-order chi connectivity index (χ0) is 17.7. The maximum Gasteiger partial charge on any atom is 0.338 e. The van der Waals surface area contributed by atoms with Gasteiger partial charge in [-0.05, 0) is 44.5 Å². The molecule has 5 heteroatoms. The Labute approximate surface area is 140 Å². The average Bonchev–Trinajstić information content (AvgIpc) is 2.53. The number of carbonyl (C=O) groups is 3. The van der Waals surface area contributed by atoms with Crippen molar-refractivity contribution in [2.45, 2.75) is 20.8 Å². The second-order valence-electron chi connectivity index (χ2n) is 5.54. The molecular weight excluding hydrogens is 306 g/mol. The van der Waals surface area contributed by atoms with Crippen molar-refractivity contribution in [3.05, 3.63) is 64.7 Å². The van der Waals surface area contributed by atoms with Gasteiger partial charge in [-0.1, -0.05) is 29.8 Å². The number of nitrogens with one attached hydrogen (secondary N) is 1. The van der Waals surface area contributed by atoms with Crippen LogP contribution in [0.5, 0.6) is 0 Å². The number of rotatable bonds is 5. The summed E-state index contributed by atoms with van der Waals surface area (Å²) in [6.45, 7) is 4.75. The van der Waals surface area contributed by atoms with Crippen molar-refractivity contribution in [2.75, 3.05) is 11.9 Å². The van der Waals surface area contributed by atoms with Gasteiger partial charge >= 0.3 is 5.97 Å². The molecule has 1 N–H and O–H groups in total. The summed E-state index contributed by atoms with van der Waals surface area (Å²) in [7, 11) is 0. The Balaban J connectivity index is 1.99. The first-order valence-corrected chi connectivity index (χ1v) is 7.52. The first-order valence-electron chi connectivity index (χ1n) is 7.52. The average molecular weight is 325 g/mol. The minimum Gasteiger partial charge on any atom is -0.452 e. The van der Waals surface area contributed by atoms with E-state index < -0.39 is 18.5 Å². The summed E-state index contributed by atoms with van der Waals surface area (Å²) in [6.07, 6.45) is 0. The van der Waals surface area contributed by atoms with Crippen molar-refractivity contribution in [3.8, 4) is 0 Å². The molecule has 0 spiro atoms. The van der Waals surface area contributed by atoms with Gasteiger partial charge < -0.3 is 10.1 Å². The Hall–Kier alpha value is -2.95. The Morgan fingerprint density at radius 3 is 2.38 bits per heavy atom. The van der Waals surface area contributed by atoms with Crippen LogP contribution in [0.1, 0.15) is 38.8 Å². The smallest absolute Gasteiger partial charge is 0.338 e. The summed E-state index contributed by atoms with van der Waals surface area (Å²) in [5.41, 5.74) is 3.08. The lowest BCUT2D eigenvalue weighted by molar-refractivity contribution is -0.119. The minimum absolute atomic E-state index is 0.154. The molecule has 0 bridgehead atoms. The molecule has 0 aliphatic heterocycles. The molecule has 2 aromatic carbocycles. The lowest BCUT2D eigenvalue weighted by Gasteiger charge is -2.10. The number of carbonyl (C=O) groups excluding carboxylic acids is 3. The van der Waals surface area contributed by atoms with E-state index in [0.29, 0.717) is 16.8 Å². The van der Waals surface area contributed by atoms with Gasteiger partial charge in [0.2, 0.25) is 0 Å². The molecule has 0 atom stereocenters. The molecule has 0 saturated heterocycles. The third-order valence-corrected chi connectivity index (χ3v) is 3.52. The SMILES string of the molecule is CC(=O)c1ccccc1NC(=O)COC(=O)c1ccc(C)cc1C. The number of amides is 1. The van der Waals surface area contributed by atoms with E-state index in [4.69, 9.17) is 4.74 Å². The van der Waals surface area contributed by atoms with E-state index in [9.17, 15) is 14.4 Å². The van der Waals surface area contributed by atoms with E-state index in [0.717, 1.165) is 11.1 Å². The molecule has 0 heterocycles. The van der Waals surface area contributed by atoms with Crippen LogP contribution in [-0.2, 0) is 9.53 Å². The van der Waals surface area contributed by atoms with Gasteiger partial charge in [-0.3, -0.25) is 9.59 Å². The molecule has 0 saturated carbocycles. The number of ketones is 1. The number of hydrogen-bond donors (Lipinski definition) is 1. The first-order chi connectivity index (χ1) is 11.4. The van der Waals surface area contributed by atoms with E-state index in [1.165, 1.54) is 6.92 Å².